The summed E-state index contributed by atoms with van der Waals surface area (Å²) < 4.78 is 23.1. The van der Waals surface area contributed by atoms with E-state index in [9.17, 15) is 8.42 Å². The van der Waals surface area contributed by atoms with Gasteiger partial charge in [0.1, 0.15) is 0 Å². The summed E-state index contributed by atoms with van der Waals surface area (Å²) >= 11 is 0. The fourth-order valence-corrected chi connectivity index (χ4v) is 3.80. The first kappa shape index (κ1) is 16.9. The SMILES string of the molecule is CS(=O)(=O)c1ccc(C2CCCC(NCC3CCON3)N2)cc1. The Bertz CT molecular complexity index is 612. The second kappa shape index (κ2) is 7.27. The Morgan fingerprint density at radius 2 is 2.00 bits per heavy atom. The van der Waals surface area contributed by atoms with Crippen molar-refractivity contribution < 1.29 is 13.3 Å². The fraction of sp³-hybridized carbons (Fsp3) is 0.625. The summed E-state index contributed by atoms with van der Waals surface area (Å²) in [6.45, 7) is 1.66. The second-order valence-corrected chi connectivity index (χ2v) is 8.42. The van der Waals surface area contributed by atoms with E-state index in [-0.39, 0.29) is 12.2 Å². The molecular weight excluding hydrogens is 314 g/mol. The predicted octanol–water partition coefficient (Wildman–Crippen LogP) is 1.11. The van der Waals surface area contributed by atoms with E-state index in [1.54, 1.807) is 12.1 Å². The van der Waals surface area contributed by atoms with Crippen LogP contribution in [0.25, 0.3) is 0 Å². The standard InChI is InChI=1S/C16H25N3O3S/c1-23(20,21)14-7-5-12(6-8-14)15-3-2-4-16(18-15)17-11-13-9-10-22-19-13/h5-8,13,15-19H,2-4,9-11H2,1H3. The molecule has 0 radical (unpaired) electrons. The number of rotatable bonds is 5. The predicted molar refractivity (Wildman–Crippen MR) is 88.6 cm³/mol. The molecule has 0 bridgehead atoms. The Kier molecular flexibility index (Phi) is 5.33. The first-order chi connectivity index (χ1) is 11.0. The van der Waals surface area contributed by atoms with Gasteiger partial charge in [0.15, 0.2) is 9.84 Å². The van der Waals surface area contributed by atoms with Crippen LogP contribution < -0.4 is 16.1 Å². The molecule has 6 nitrogen and oxygen atoms in total. The molecule has 3 unspecified atom stereocenters. The lowest BCUT2D eigenvalue weighted by Crippen LogP contribution is -2.49. The van der Waals surface area contributed by atoms with Gasteiger partial charge in [-0.05, 0) is 43.4 Å². The van der Waals surface area contributed by atoms with Crippen molar-refractivity contribution >= 4 is 9.84 Å². The first-order valence-electron chi connectivity index (χ1n) is 8.19. The highest BCUT2D eigenvalue weighted by Gasteiger charge is 2.23. The number of nitrogens with one attached hydrogen (secondary N) is 3. The molecule has 2 heterocycles. The Hall–Kier alpha value is -0.990. The van der Waals surface area contributed by atoms with E-state index in [0.717, 1.165) is 44.4 Å². The number of benzene rings is 1. The van der Waals surface area contributed by atoms with E-state index < -0.39 is 9.84 Å². The highest BCUT2D eigenvalue weighted by atomic mass is 32.2. The lowest BCUT2D eigenvalue weighted by atomic mass is 9.96. The summed E-state index contributed by atoms with van der Waals surface area (Å²) in [5.41, 5.74) is 4.16. The van der Waals surface area contributed by atoms with Crippen molar-refractivity contribution in [1.82, 2.24) is 16.1 Å². The maximum atomic E-state index is 11.5. The molecule has 128 valence electrons. The highest BCUT2D eigenvalue weighted by molar-refractivity contribution is 7.90. The molecule has 7 heteroatoms. The van der Waals surface area contributed by atoms with Gasteiger partial charge in [-0.1, -0.05) is 12.1 Å². The summed E-state index contributed by atoms with van der Waals surface area (Å²) in [5, 5.41) is 7.17. The Morgan fingerprint density at radius 1 is 1.22 bits per heavy atom. The van der Waals surface area contributed by atoms with E-state index >= 15 is 0 Å². The van der Waals surface area contributed by atoms with Crippen molar-refractivity contribution in [3.8, 4) is 0 Å². The maximum absolute atomic E-state index is 11.5. The summed E-state index contributed by atoms with van der Waals surface area (Å²) in [6, 6.07) is 7.88. The monoisotopic (exact) mass is 339 g/mol. The summed E-state index contributed by atoms with van der Waals surface area (Å²) in [5.74, 6) is 0. The Morgan fingerprint density at radius 3 is 2.65 bits per heavy atom. The highest BCUT2D eigenvalue weighted by Crippen LogP contribution is 2.25. The number of hydrogen-bond acceptors (Lipinski definition) is 6. The van der Waals surface area contributed by atoms with Crippen molar-refractivity contribution in [2.45, 2.75) is 48.8 Å². The van der Waals surface area contributed by atoms with E-state index in [2.05, 4.69) is 16.1 Å². The van der Waals surface area contributed by atoms with Crippen molar-refractivity contribution in [2.24, 2.45) is 0 Å². The van der Waals surface area contributed by atoms with Crippen LogP contribution in [0.1, 0.15) is 37.3 Å². The lowest BCUT2D eigenvalue weighted by molar-refractivity contribution is 0.0869. The molecule has 0 aromatic heterocycles. The van der Waals surface area contributed by atoms with Crippen molar-refractivity contribution in [3.63, 3.8) is 0 Å². The molecule has 0 amide bonds. The van der Waals surface area contributed by atoms with Crippen molar-refractivity contribution in [3.05, 3.63) is 29.8 Å². The van der Waals surface area contributed by atoms with Gasteiger partial charge in [-0.15, -0.1) is 0 Å². The van der Waals surface area contributed by atoms with Gasteiger partial charge in [-0.2, -0.15) is 5.48 Å². The van der Waals surface area contributed by atoms with Crippen molar-refractivity contribution in [1.29, 1.82) is 0 Å². The second-order valence-electron chi connectivity index (χ2n) is 6.40. The molecular formula is C16H25N3O3S. The zero-order valence-corrected chi connectivity index (χ0v) is 14.2. The minimum Gasteiger partial charge on any atom is -0.301 e. The summed E-state index contributed by atoms with van der Waals surface area (Å²) in [4.78, 5) is 5.54. The first-order valence-corrected chi connectivity index (χ1v) is 10.1. The van der Waals surface area contributed by atoms with Crippen LogP contribution >= 0.6 is 0 Å². The molecule has 2 fully saturated rings. The average molecular weight is 339 g/mol. The normalized spacial score (nSPS) is 28.8. The maximum Gasteiger partial charge on any atom is 0.175 e. The number of hydrogen-bond donors (Lipinski definition) is 3. The minimum absolute atomic E-state index is 0.266. The van der Waals surface area contributed by atoms with E-state index in [4.69, 9.17) is 4.84 Å². The zero-order valence-electron chi connectivity index (χ0n) is 13.4. The van der Waals surface area contributed by atoms with Gasteiger partial charge >= 0.3 is 0 Å². The van der Waals surface area contributed by atoms with Crippen LogP contribution in [0.3, 0.4) is 0 Å². The number of sulfone groups is 1. The number of piperidine rings is 1. The molecule has 3 N–H and O–H groups in total. The molecule has 0 saturated carbocycles. The third kappa shape index (κ3) is 4.51. The van der Waals surface area contributed by atoms with Crippen LogP contribution in [0.4, 0.5) is 0 Å². The van der Waals surface area contributed by atoms with E-state index in [1.165, 1.54) is 6.26 Å². The Labute approximate surface area is 137 Å². The largest absolute Gasteiger partial charge is 0.301 e. The fourth-order valence-electron chi connectivity index (χ4n) is 3.17. The average Bonchev–Trinajstić information content (AvgIpc) is 3.06. The van der Waals surface area contributed by atoms with Gasteiger partial charge in [0.2, 0.25) is 0 Å². The molecule has 3 rings (SSSR count). The molecule has 2 saturated heterocycles. The lowest BCUT2D eigenvalue weighted by Gasteiger charge is -2.32. The zero-order chi connectivity index (χ0) is 16.3. The number of hydroxylamine groups is 1. The van der Waals surface area contributed by atoms with Gasteiger partial charge in [-0.25, -0.2) is 8.42 Å². The van der Waals surface area contributed by atoms with Crippen LogP contribution in [-0.2, 0) is 14.7 Å². The van der Waals surface area contributed by atoms with Gasteiger partial charge < -0.3 is 10.2 Å². The van der Waals surface area contributed by atoms with Crippen LogP contribution in [0, 0.1) is 0 Å². The quantitative estimate of drug-likeness (QED) is 0.746. The molecule has 1 aromatic rings. The minimum atomic E-state index is -3.13. The Balaban J connectivity index is 1.57. The van der Waals surface area contributed by atoms with Crippen LogP contribution in [0.2, 0.25) is 0 Å². The molecule has 0 aliphatic carbocycles. The topological polar surface area (TPSA) is 79.5 Å². The van der Waals surface area contributed by atoms with Crippen molar-refractivity contribution in [2.75, 3.05) is 19.4 Å². The molecule has 2 aliphatic heterocycles. The molecule has 3 atom stereocenters. The van der Waals surface area contributed by atoms with Gasteiger partial charge in [0, 0.05) is 24.9 Å². The van der Waals surface area contributed by atoms with Crippen LogP contribution in [0.5, 0.6) is 0 Å². The van der Waals surface area contributed by atoms with Gasteiger partial charge in [0.05, 0.1) is 17.7 Å². The van der Waals surface area contributed by atoms with Crippen LogP contribution in [-0.4, -0.2) is 40.0 Å². The van der Waals surface area contributed by atoms with Gasteiger partial charge in [0.25, 0.3) is 0 Å². The van der Waals surface area contributed by atoms with Crippen LogP contribution in [0.15, 0.2) is 29.2 Å². The summed E-state index contributed by atoms with van der Waals surface area (Å²) in [6.07, 6.45) is 5.88. The summed E-state index contributed by atoms with van der Waals surface area (Å²) in [7, 11) is -3.13. The molecule has 0 spiro atoms. The third-order valence-electron chi connectivity index (χ3n) is 4.53. The third-order valence-corrected chi connectivity index (χ3v) is 5.66. The van der Waals surface area contributed by atoms with Gasteiger partial charge in [-0.3, -0.25) is 5.32 Å². The van der Waals surface area contributed by atoms with E-state index in [0.29, 0.717) is 10.9 Å². The molecule has 23 heavy (non-hydrogen) atoms. The molecule has 1 aromatic carbocycles. The smallest absolute Gasteiger partial charge is 0.175 e. The van der Waals surface area contributed by atoms with E-state index in [1.807, 2.05) is 12.1 Å². The molecule has 2 aliphatic rings.